The summed E-state index contributed by atoms with van der Waals surface area (Å²) in [6.45, 7) is 0.187. The lowest BCUT2D eigenvalue weighted by molar-refractivity contribution is 0.607. The van der Waals surface area contributed by atoms with Crippen LogP contribution in [-0.2, 0) is 16.6 Å². The number of hydrogen-bond acceptors (Lipinski definition) is 5. The van der Waals surface area contributed by atoms with Crippen LogP contribution < -0.4 is 16.0 Å². The fraction of sp³-hybridized carbons (Fsp3) is 0.0870. The summed E-state index contributed by atoms with van der Waals surface area (Å²) in [5.41, 5.74) is 1.19. The number of nitrogens with one attached hydrogen (secondary N) is 1. The summed E-state index contributed by atoms with van der Waals surface area (Å²) in [5.74, 6) is 0. The molecule has 1 heterocycles. The number of hydrogen-bond donors (Lipinski definition) is 1. The second-order valence-electron chi connectivity index (χ2n) is 7.26. The molecule has 8 nitrogen and oxygen atoms in total. The highest BCUT2D eigenvalue weighted by atomic mass is 32.2. The molecule has 0 aliphatic heterocycles. The molecule has 9 heteroatoms. The van der Waals surface area contributed by atoms with Gasteiger partial charge in [-0.05, 0) is 48.0 Å². The number of para-hydroxylation sites is 1. The van der Waals surface area contributed by atoms with Gasteiger partial charge in [-0.2, -0.15) is 5.26 Å². The van der Waals surface area contributed by atoms with E-state index in [1.807, 2.05) is 0 Å². The molecular weight excluding hydrogens is 428 g/mol. The first-order chi connectivity index (χ1) is 15.3. The van der Waals surface area contributed by atoms with Gasteiger partial charge in [0.05, 0.1) is 46.7 Å². The zero-order chi connectivity index (χ0) is 22.9. The van der Waals surface area contributed by atoms with Crippen LogP contribution in [0.25, 0.3) is 16.6 Å². The van der Waals surface area contributed by atoms with Crippen molar-refractivity contribution in [2.24, 2.45) is 0 Å². The monoisotopic (exact) mass is 446 g/mol. The van der Waals surface area contributed by atoms with Gasteiger partial charge in [-0.25, -0.2) is 17.8 Å². The second kappa shape index (κ2) is 8.17. The fourth-order valence-corrected chi connectivity index (χ4v) is 4.05. The minimum Gasteiger partial charge on any atom is -0.288 e. The Hall–Kier alpha value is -4.16. The number of benzene rings is 3. The molecule has 0 bridgehead atoms. The van der Waals surface area contributed by atoms with Crippen LogP contribution in [0.1, 0.15) is 11.1 Å². The molecule has 0 aliphatic rings. The van der Waals surface area contributed by atoms with Gasteiger partial charge in [0.2, 0.25) is 10.0 Å². The molecule has 4 aromatic rings. The average Bonchev–Trinajstić information content (AvgIpc) is 2.76. The predicted molar refractivity (Wildman–Crippen MR) is 123 cm³/mol. The molecule has 4 rings (SSSR count). The zero-order valence-corrected chi connectivity index (χ0v) is 17.8. The van der Waals surface area contributed by atoms with Gasteiger partial charge in [-0.1, -0.05) is 30.3 Å². The van der Waals surface area contributed by atoms with Crippen molar-refractivity contribution in [3.8, 4) is 11.8 Å². The van der Waals surface area contributed by atoms with E-state index < -0.39 is 21.3 Å². The van der Waals surface area contributed by atoms with Crippen molar-refractivity contribution >= 4 is 26.6 Å². The van der Waals surface area contributed by atoms with Crippen LogP contribution in [0, 0.1) is 11.3 Å². The largest absolute Gasteiger partial charge is 0.336 e. The van der Waals surface area contributed by atoms with Crippen molar-refractivity contribution < 1.29 is 8.42 Å². The number of nitrogens with zero attached hydrogens (tertiary/aromatic N) is 3. The van der Waals surface area contributed by atoms with E-state index in [-0.39, 0.29) is 17.9 Å². The fourth-order valence-electron chi connectivity index (χ4n) is 3.49. The summed E-state index contributed by atoms with van der Waals surface area (Å²) >= 11 is 0. The van der Waals surface area contributed by atoms with Crippen molar-refractivity contribution in [1.29, 1.82) is 5.26 Å². The quantitative estimate of drug-likeness (QED) is 0.506. The third kappa shape index (κ3) is 4.17. The maximum atomic E-state index is 13.5. The maximum Gasteiger partial charge on any atom is 0.336 e. The van der Waals surface area contributed by atoms with E-state index in [1.54, 1.807) is 60.7 Å². The number of rotatable bonds is 5. The van der Waals surface area contributed by atoms with Gasteiger partial charge < -0.3 is 0 Å². The first-order valence-electron chi connectivity index (χ1n) is 9.59. The molecule has 0 unspecified atom stereocenters. The standard InChI is InChI=1S/C23H18N4O4S/c1-32(30,31)25-18-5-4-6-19(13-18)27-22(28)20-7-2-3-8-21(20)26(23(27)29)15-17-11-9-16(14-24)10-12-17/h2-13,25H,15H2,1H3. The van der Waals surface area contributed by atoms with Gasteiger partial charge in [0.15, 0.2) is 0 Å². The van der Waals surface area contributed by atoms with Gasteiger partial charge in [0, 0.05) is 0 Å². The molecule has 3 aromatic carbocycles. The molecule has 160 valence electrons. The van der Waals surface area contributed by atoms with Crippen molar-refractivity contribution in [2.75, 3.05) is 11.0 Å². The zero-order valence-electron chi connectivity index (χ0n) is 17.0. The van der Waals surface area contributed by atoms with E-state index >= 15 is 0 Å². The molecule has 32 heavy (non-hydrogen) atoms. The summed E-state index contributed by atoms with van der Waals surface area (Å²) in [4.78, 5) is 26.7. The molecule has 0 spiro atoms. The molecule has 0 fully saturated rings. The molecule has 0 radical (unpaired) electrons. The van der Waals surface area contributed by atoms with Crippen LogP contribution in [0.15, 0.2) is 82.4 Å². The molecule has 0 atom stereocenters. The smallest absolute Gasteiger partial charge is 0.288 e. The van der Waals surface area contributed by atoms with Crippen molar-refractivity contribution in [1.82, 2.24) is 9.13 Å². The van der Waals surface area contributed by atoms with E-state index in [4.69, 9.17) is 5.26 Å². The van der Waals surface area contributed by atoms with Gasteiger partial charge >= 0.3 is 5.69 Å². The summed E-state index contributed by atoms with van der Waals surface area (Å²) in [6.07, 6.45) is 1.02. The van der Waals surface area contributed by atoms with Crippen molar-refractivity contribution in [3.63, 3.8) is 0 Å². The number of sulfonamides is 1. The van der Waals surface area contributed by atoms with E-state index in [9.17, 15) is 18.0 Å². The van der Waals surface area contributed by atoms with Crippen molar-refractivity contribution in [2.45, 2.75) is 6.54 Å². The minimum atomic E-state index is -3.53. The minimum absolute atomic E-state index is 0.187. The van der Waals surface area contributed by atoms with E-state index in [0.29, 0.717) is 16.5 Å². The molecule has 1 N–H and O–H groups in total. The number of aromatic nitrogens is 2. The lowest BCUT2D eigenvalue weighted by Gasteiger charge is -2.15. The first kappa shape index (κ1) is 21.1. The Kier molecular flexibility index (Phi) is 5.38. The Morgan fingerprint density at radius 1 is 0.969 bits per heavy atom. The normalized spacial score (nSPS) is 11.2. The highest BCUT2D eigenvalue weighted by molar-refractivity contribution is 7.92. The number of fused-ring (bicyclic) bond motifs is 1. The number of anilines is 1. The Balaban J connectivity index is 1.93. The Bertz CT molecular complexity index is 1590. The van der Waals surface area contributed by atoms with Crippen LogP contribution in [-0.4, -0.2) is 23.8 Å². The topological polar surface area (TPSA) is 114 Å². The molecule has 0 amide bonds. The van der Waals surface area contributed by atoms with Gasteiger partial charge in [0.1, 0.15) is 0 Å². The predicted octanol–water partition coefficient (Wildman–Crippen LogP) is 2.44. The summed E-state index contributed by atoms with van der Waals surface area (Å²) < 4.78 is 28.1. The molecule has 0 saturated carbocycles. The van der Waals surface area contributed by atoms with Crippen LogP contribution in [0.4, 0.5) is 5.69 Å². The third-order valence-corrected chi connectivity index (χ3v) is 5.49. The Morgan fingerprint density at radius 2 is 1.69 bits per heavy atom. The summed E-state index contributed by atoms with van der Waals surface area (Å²) in [5, 5.41) is 9.35. The van der Waals surface area contributed by atoms with Gasteiger partial charge in [-0.15, -0.1) is 0 Å². The summed E-state index contributed by atoms with van der Waals surface area (Å²) in [6, 6.07) is 21.8. The van der Waals surface area contributed by atoms with E-state index in [2.05, 4.69) is 10.8 Å². The second-order valence-corrected chi connectivity index (χ2v) is 9.01. The highest BCUT2D eigenvalue weighted by Gasteiger charge is 2.15. The van der Waals surface area contributed by atoms with Crippen LogP contribution in [0.3, 0.4) is 0 Å². The Morgan fingerprint density at radius 3 is 2.38 bits per heavy atom. The molecule has 0 saturated heterocycles. The van der Waals surface area contributed by atoms with Crippen LogP contribution >= 0.6 is 0 Å². The first-order valence-corrected chi connectivity index (χ1v) is 11.5. The van der Waals surface area contributed by atoms with Crippen LogP contribution in [0.5, 0.6) is 0 Å². The third-order valence-electron chi connectivity index (χ3n) is 4.88. The van der Waals surface area contributed by atoms with E-state index in [1.165, 1.54) is 16.7 Å². The maximum absolute atomic E-state index is 13.5. The molecular formula is C23H18N4O4S. The number of nitriles is 1. The van der Waals surface area contributed by atoms with Gasteiger partial charge in [0.25, 0.3) is 5.56 Å². The van der Waals surface area contributed by atoms with Gasteiger partial charge in [-0.3, -0.25) is 14.1 Å². The molecule has 1 aromatic heterocycles. The van der Waals surface area contributed by atoms with E-state index in [0.717, 1.165) is 16.4 Å². The Labute approximate surface area is 183 Å². The lowest BCUT2D eigenvalue weighted by atomic mass is 10.1. The van der Waals surface area contributed by atoms with Crippen molar-refractivity contribution in [3.05, 3.63) is 105 Å². The molecule has 0 aliphatic carbocycles. The van der Waals surface area contributed by atoms with Crippen LogP contribution in [0.2, 0.25) is 0 Å². The highest BCUT2D eigenvalue weighted by Crippen LogP contribution is 2.16. The average molecular weight is 446 g/mol. The SMILES string of the molecule is CS(=O)(=O)Nc1cccc(-n2c(=O)c3ccccc3n(Cc3ccc(C#N)cc3)c2=O)c1. The lowest BCUT2D eigenvalue weighted by Crippen LogP contribution is -2.39. The summed E-state index contributed by atoms with van der Waals surface area (Å²) in [7, 11) is -3.53.